The third kappa shape index (κ3) is 8.48. The highest BCUT2D eigenvalue weighted by molar-refractivity contribution is 7.90. The van der Waals surface area contributed by atoms with Gasteiger partial charge >= 0.3 is 12.6 Å². The van der Waals surface area contributed by atoms with Crippen LogP contribution in [0.5, 0.6) is 11.5 Å². The topological polar surface area (TPSA) is 104 Å². The van der Waals surface area contributed by atoms with Crippen LogP contribution in [0.15, 0.2) is 87.9 Å². The summed E-state index contributed by atoms with van der Waals surface area (Å²) < 4.78 is 70.7. The van der Waals surface area contributed by atoms with Crippen molar-refractivity contribution in [2.45, 2.75) is 43.8 Å². The maximum Gasteiger partial charge on any atom is 0.387 e. The maximum absolute atomic E-state index is 13.7. The van der Waals surface area contributed by atoms with Crippen molar-refractivity contribution in [3.63, 3.8) is 0 Å². The van der Waals surface area contributed by atoms with E-state index in [2.05, 4.69) is 11.3 Å². The Morgan fingerprint density at radius 2 is 1.78 bits per heavy atom. The minimum Gasteiger partial charge on any atom is -0.489 e. The summed E-state index contributed by atoms with van der Waals surface area (Å²) in [6.45, 7) is 2.47. The average molecular weight is 698 g/mol. The van der Waals surface area contributed by atoms with Crippen LogP contribution >= 0.6 is 23.2 Å². The molecule has 2 aromatic carbocycles. The lowest BCUT2D eigenvalue weighted by Crippen LogP contribution is -2.23. The highest BCUT2D eigenvalue weighted by Crippen LogP contribution is 2.39. The van der Waals surface area contributed by atoms with E-state index in [-0.39, 0.29) is 50.7 Å². The zero-order chi connectivity index (χ0) is 33.8. The second kappa shape index (κ2) is 14.7. The molecule has 1 amide bonds. The van der Waals surface area contributed by atoms with Gasteiger partial charge in [0, 0.05) is 42.3 Å². The van der Waals surface area contributed by atoms with Crippen LogP contribution in [0.4, 0.5) is 8.78 Å². The molecule has 1 heterocycles. The molecule has 0 bridgehead atoms. The molecule has 9 nitrogen and oxygen atoms in total. The predicted molar refractivity (Wildman–Crippen MR) is 169 cm³/mol. The molecule has 246 valence electrons. The third-order valence-corrected chi connectivity index (χ3v) is 9.22. The summed E-state index contributed by atoms with van der Waals surface area (Å²) in [7, 11) is -1.29. The lowest BCUT2D eigenvalue weighted by molar-refractivity contribution is -0.0515. The number of esters is 1. The van der Waals surface area contributed by atoms with Crippen molar-refractivity contribution >= 4 is 45.1 Å². The Morgan fingerprint density at radius 1 is 1.07 bits per heavy atom. The van der Waals surface area contributed by atoms with E-state index in [9.17, 15) is 26.8 Å². The number of ether oxygens (including phenoxy) is 3. The third-order valence-electron chi connectivity index (χ3n) is 7.08. The van der Waals surface area contributed by atoms with Crippen LogP contribution in [0.3, 0.4) is 0 Å². The van der Waals surface area contributed by atoms with Crippen LogP contribution in [0.25, 0.3) is 0 Å². The molecule has 0 unspecified atom stereocenters. The van der Waals surface area contributed by atoms with Crippen molar-refractivity contribution in [2.75, 3.05) is 20.7 Å². The van der Waals surface area contributed by atoms with E-state index in [1.165, 1.54) is 79.8 Å². The Balaban J connectivity index is 1.71. The summed E-state index contributed by atoms with van der Waals surface area (Å²) in [5.74, 6) is -1.33. The number of benzene rings is 2. The minimum absolute atomic E-state index is 0.0154. The molecule has 1 saturated carbocycles. The summed E-state index contributed by atoms with van der Waals surface area (Å²) in [5, 5.41) is 0.344. The van der Waals surface area contributed by atoms with Gasteiger partial charge in [-0.05, 0) is 79.3 Å². The SMILES string of the molecule is C=C(Cl)/C(C[C@H](OC(=O)c1cccn1S(=O)(=O)c1cccc(C(=O)N(C)C)c1)c1ccc(OC(F)F)c(OCC2CC2)c1)=C(\C)Cl. The molecule has 4 rings (SSSR count). The molecule has 46 heavy (non-hydrogen) atoms. The second-order valence-electron chi connectivity index (χ2n) is 10.8. The van der Waals surface area contributed by atoms with E-state index in [1.807, 2.05) is 0 Å². The van der Waals surface area contributed by atoms with Crippen LogP contribution in [0, 0.1) is 5.92 Å². The number of allylic oxidation sites excluding steroid dienone is 2. The number of alkyl halides is 2. The van der Waals surface area contributed by atoms with Gasteiger partial charge in [0.1, 0.15) is 11.8 Å². The van der Waals surface area contributed by atoms with Crippen LogP contribution in [0.2, 0.25) is 0 Å². The lowest BCUT2D eigenvalue weighted by Gasteiger charge is -2.22. The van der Waals surface area contributed by atoms with Gasteiger partial charge in [-0.1, -0.05) is 41.9 Å². The highest BCUT2D eigenvalue weighted by Gasteiger charge is 2.29. The van der Waals surface area contributed by atoms with E-state index in [1.54, 1.807) is 6.92 Å². The molecule has 0 radical (unpaired) electrons. The molecule has 0 aliphatic heterocycles. The second-order valence-corrected chi connectivity index (χ2v) is 13.6. The van der Waals surface area contributed by atoms with Crippen LogP contribution < -0.4 is 9.47 Å². The van der Waals surface area contributed by atoms with Crippen molar-refractivity contribution in [1.29, 1.82) is 0 Å². The Hall–Kier alpha value is -3.87. The lowest BCUT2D eigenvalue weighted by atomic mass is 10.00. The normalized spacial score (nSPS) is 14.3. The zero-order valence-corrected chi connectivity index (χ0v) is 27.5. The number of hydrogen-bond acceptors (Lipinski definition) is 7. The van der Waals surface area contributed by atoms with Crippen molar-refractivity contribution in [1.82, 2.24) is 8.87 Å². The molecule has 1 aliphatic rings. The first-order valence-electron chi connectivity index (χ1n) is 14.1. The van der Waals surface area contributed by atoms with E-state index in [0.717, 1.165) is 16.8 Å². The molecule has 0 N–H and O–H groups in total. The van der Waals surface area contributed by atoms with Gasteiger partial charge in [-0.15, -0.1) is 0 Å². The summed E-state index contributed by atoms with van der Waals surface area (Å²) in [6, 6.07) is 12.1. The first-order chi connectivity index (χ1) is 21.7. The Labute approximate surface area is 276 Å². The Morgan fingerprint density at radius 3 is 2.39 bits per heavy atom. The molecule has 1 atom stereocenters. The molecule has 0 saturated heterocycles. The van der Waals surface area contributed by atoms with Gasteiger partial charge in [-0.3, -0.25) is 4.79 Å². The fourth-order valence-electron chi connectivity index (χ4n) is 4.46. The Bertz CT molecular complexity index is 1760. The van der Waals surface area contributed by atoms with Crippen molar-refractivity contribution in [3.05, 3.63) is 99.8 Å². The summed E-state index contributed by atoms with van der Waals surface area (Å²) in [4.78, 5) is 27.2. The number of rotatable bonds is 14. The molecular weight excluding hydrogens is 665 g/mol. The average Bonchev–Trinajstić information content (AvgIpc) is 3.69. The summed E-state index contributed by atoms with van der Waals surface area (Å²) in [6.07, 6.45) is 1.83. The first-order valence-corrected chi connectivity index (χ1v) is 16.3. The summed E-state index contributed by atoms with van der Waals surface area (Å²) >= 11 is 12.5. The van der Waals surface area contributed by atoms with Gasteiger partial charge in [0.2, 0.25) is 0 Å². The van der Waals surface area contributed by atoms with Gasteiger partial charge < -0.3 is 19.1 Å². The number of hydrogen-bond donors (Lipinski definition) is 0. The Kier molecular flexibility index (Phi) is 11.2. The van der Waals surface area contributed by atoms with Gasteiger partial charge in [0.25, 0.3) is 15.9 Å². The van der Waals surface area contributed by atoms with Crippen LogP contribution in [-0.4, -0.2) is 56.5 Å². The van der Waals surface area contributed by atoms with Crippen molar-refractivity contribution in [2.24, 2.45) is 5.92 Å². The van der Waals surface area contributed by atoms with Crippen LogP contribution in [0.1, 0.15) is 58.7 Å². The standard InChI is InChI=1S/C32H32Cl2F2N2O7S/c1-19(33)25(20(2)34)17-28(22-12-13-27(45-32(35)36)29(16-22)43-18-21-10-11-21)44-31(40)26-9-6-14-38(26)46(41,42)24-8-5-7-23(15-24)30(39)37(3)4/h5-9,12-16,21,28,32H,1,10-11,17-18H2,2-4H3/b25-20+/t28-/m0/s1. The van der Waals surface area contributed by atoms with E-state index in [4.69, 9.17) is 32.7 Å². The maximum atomic E-state index is 13.7. The minimum atomic E-state index is -4.37. The van der Waals surface area contributed by atoms with Gasteiger partial charge in [0.05, 0.1) is 11.5 Å². The molecule has 1 aromatic heterocycles. The fourth-order valence-corrected chi connectivity index (χ4v) is 6.30. The van der Waals surface area contributed by atoms with E-state index < -0.39 is 34.6 Å². The molecule has 14 heteroatoms. The smallest absolute Gasteiger partial charge is 0.387 e. The highest BCUT2D eigenvalue weighted by atomic mass is 35.5. The number of halogens is 4. The molecule has 1 aliphatic carbocycles. The number of amides is 1. The predicted octanol–water partition coefficient (Wildman–Crippen LogP) is 7.37. The van der Waals surface area contributed by atoms with Gasteiger partial charge in [0.15, 0.2) is 11.5 Å². The first kappa shape index (κ1) is 35.0. The van der Waals surface area contributed by atoms with Crippen molar-refractivity contribution in [3.8, 4) is 11.5 Å². The summed E-state index contributed by atoms with van der Waals surface area (Å²) in [5.41, 5.74) is 0.457. The molecule has 3 aromatic rings. The molecular formula is C32H32Cl2F2N2O7S. The number of carbonyl (C=O) groups is 2. The fraction of sp³-hybridized carbons (Fsp3) is 0.312. The number of carbonyl (C=O) groups excluding carboxylic acids is 2. The zero-order valence-electron chi connectivity index (χ0n) is 25.2. The van der Waals surface area contributed by atoms with Gasteiger partial charge in [-0.25, -0.2) is 17.2 Å². The largest absolute Gasteiger partial charge is 0.489 e. The number of nitrogens with zero attached hydrogens (tertiary/aromatic N) is 2. The van der Waals surface area contributed by atoms with E-state index >= 15 is 0 Å². The molecule has 1 fully saturated rings. The quantitative estimate of drug-likeness (QED) is 0.128. The molecule has 0 spiro atoms. The van der Waals surface area contributed by atoms with Gasteiger partial charge in [-0.2, -0.15) is 8.78 Å². The van der Waals surface area contributed by atoms with Crippen LogP contribution in [-0.2, 0) is 14.8 Å². The number of aromatic nitrogens is 1. The van der Waals surface area contributed by atoms with E-state index in [0.29, 0.717) is 17.1 Å². The van der Waals surface area contributed by atoms with Crippen molar-refractivity contribution < 1.29 is 41.0 Å². The monoisotopic (exact) mass is 696 g/mol.